The Morgan fingerprint density at radius 2 is 1.68 bits per heavy atom. The molecule has 0 N–H and O–H groups in total. The second kappa shape index (κ2) is 5.59. The highest BCUT2D eigenvalue weighted by molar-refractivity contribution is 6.99. The van der Waals surface area contributed by atoms with Crippen molar-refractivity contribution < 1.29 is 9.53 Å². The van der Waals surface area contributed by atoms with E-state index in [1.54, 1.807) is 0 Å². The standard InChI is InChI=1S/C16H26N2O2Si2/c1-20-16(19)14-12-13-10-8-9-11-17(13)15(14)18(21(2,3)4)22(5,6)7/h8-12H,1-7H3. The van der Waals surface area contributed by atoms with Gasteiger partial charge < -0.3 is 13.4 Å². The average molecular weight is 335 g/mol. The Kier molecular flexibility index (Phi) is 4.27. The minimum absolute atomic E-state index is 0.264. The lowest BCUT2D eigenvalue weighted by molar-refractivity contribution is 0.0602. The number of fused-ring (bicyclic) bond motifs is 1. The minimum Gasteiger partial charge on any atom is -0.465 e. The fourth-order valence-electron chi connectivity index (χ4n) is 3.24. The minimum atomic E-state index is -1.67. The van der Waals surface area contributed by atoms with Gasteiger partial charge in [-0.05, 0) is 18.2 Å². The van der Waals surface area contributed by atoms with Crippen LogP contribution in [0.1, 0.15) is 10.4 Å². The van der Waals surface area contributed by atoms with Gasteiger partial charge in [-0.15, -0.1) is 0 Å². The van der Waals surface area contributed by atoms with Crippen LogP contribution in [0.2, 0.25) is 39.3 Å². The molecule has 2 aromatic rings. The first-order valence-electron chi connectivity index (χ1n) is 7.56. The van der Waals surface area contributed by atoms with Crippen molar-refractivity contribution in [1.29, 1.82) is 0 Å². The molecule has 120 valence electrons. The highest BCUT2D eigenvalue weighted by atomic mass is 28.4. The number of carbonyl (C=O) groups is 1. The van der Waals surface area contributed by atoms with E-state index in [0.29, 0.717) is 5.56 Å². The fourth-order valence-corrected chi connectivity index (χ4v) is 13.0. The third-order valence-electron chi connectivity index (χ3n) is 3.61. The molecule has 2 aromatic heterocycles. The molecule has 0 radical (unpaired) electrons. The molecule has 4 nitrogen and oxygen atoms in total. The first-order chi connectivity index (χ1) is 10.1. The number of nitrogens with zero attached hydrogens (tertiary/aromatic N) is 2. The number of aromatic nitrogens is 1. The second-order valence-electron chi connectivity index (χ2n) is 7.55. The Labute approximate surface area is 134 Å². The zero-order chi connectivity index (χ0) is 16.7. The van der Waals surface area contributed by atoms with E-state index in [9.17, 15) is 4.79 Å². The van der Waals surface area contributed by atoms with Gasteiger partial charge in [0.15, 0.2) is 0 Å². The molecule has 22 heavy (non-hydrogen) atoms. The Morgan fingerprint density at radius 1 is 1.09 bits per heavy atom. The van der Waals surface area contributed by atoms with Gasteiger partial charge in [0.25, 0.3) is 0 Å². The number of ether oxygens (including phenoxy) is 1. The van der Waals surface area contributed by atoms with Crippen LogP contribution in [0.3, 0.4) is 0 Å². The molecule has 6 heteroatoms. The van der Waals surface area contributed by atoms with Gasteiger partial charge in [-0.2, -0.15) is 0 Å². The van der Waals surface area contributed by atoms with Gasteiger partial charge in [0, 0.05) is 11.7 Å². The van der Waals surface area contributed by atoms with E-state index in [1.165, 1.54) is 7.11 Å². The largest absolute Gasteiger partial charge is 0.465 e. The Bertz CT molecular complexity index is 682. The van der Waals surface area contributed by atoms with Crippen molar-refractivity contribution in [2.24, 2.45) is 0 Å². The summed E-state index contributed by atoms with van der Waals surface area (Å²) in [5, 5.41) is 0. The summed E-state index contributed by atoms with van der Waals surface area (Å²) in [6, 6.07) is 7.97. The summed E-state index contributed by atoms with van der Waals surface area (Å²) in [5.41, 5.74) is 1.69. The third-order valence-corrected chi connectivity index (χ3v) is 10.7. The van der Waals surface area contributed by atoms with Crippen molar-refractivity contribution in [3.63, 3.8) is 0 Å². The first kappa shape index (κ1) is 16.8. The van der Waals surface area contributed by atoms with Crippen LogP contribution in [0.25, 0.3) is 5.52 Å². The Balaban J connectivity index is 2.83. The summed E-state index contributed by atoms with van der Waals surface area (Å²) < 4.78 is 9.72. The number of methoxy groups -OCH3 is 1. The molecular weight excluding hydrogens is 308 g/mol. The quantitative estimate of drug-likeness (QED) is 0.620. The highest BCUT2D eigenvalue weighted by Crippen LogP contribution is 2.34. The van der Waals surface area contributed by atoms with Crippen molar-refractivity contribution in [3.05, 3.63) is 36.0 Å². The summed E-state index contributed by atoms with van der Waals surface area (Å²) >= 11 is 0. The third kappa shape index (κ3) is 2.98. The molecule has 0 aliphatic carbocycles. The molecule has 0 amide bonds. The normalized spacial score (nSPS) is 12.5. The predicted octanol–water partition coefficient (Wildman–Crippen LogP) is 4.20. The van der Waals surface area contributed by atoms with E-state index in [2.05, 4.69) is 47.9 Å². The van der Waals surface area contributed by atoms with Crippen LogP contribution in [0.15, 0.2) is 30.5 Å². The zero-order valence-electron chi connectivity index (χ0n) is 14.6. The van der Waals surface area contributed by atoms with Crippen LogP contribution in [-0.2, 0) is 4.74 Å². The second-order valence-corrected chi connectivity index (χ2v) is 17.6. The number of hydrogen-bond acceptors (Lipinski definition) is 3. The van der Waals surface area contributed by atoms with Crippen molar-refractivity contribution in [1.82, 2.24) is 4.40 Å². The maximum Gasteiger partial charge on any atom is 0.341 e. The van der Waals surface area contributed by atoms with Crippen molar-refractivity contribution in [3.8, 4) is 0 Å². The van der Waals surface area contributed by atoms with Gasteiger partial charge in [0.1, 0.15) is 27.9 Å². The van der Waals surface area contributed by atoms with E-state index < -0.39 is 16.5 Å². The monoisotopic (exact) mass is 334 g/mol. The molecule has 2 rings (SSSR count). The fraction of sp³-hybridized carbons (Fsp3) is 0.438. The SMILES string of the molecule is COC(=O)c1cc2ccccn2c1N([Si](C)(C)C)[Si](C)(C)C. The predicted molar refractivity (Wildman–Crippen MR) is 97.9 cm³/mol. The number of esters is 1. The lowest BCUT2D eigenvalue weighted by atomic mass is 10.3. The molecule has 2 heterocycles. The van der Waals surface area contributed by atoms with E-state index in [-0.39, 0.29) is 5.97 Å². The van der Waals surface area contributed by atoms with Gasteiger partial charge in [-0.25, -0.2) is 4.79 Å². The Hall–Kier alpha value is -1.54. The van der Waals surface area contributed by atoms with Gasteiger partial charge in [-0.3, -0.25) is 0 Å². The smallest absolute Gasteiger partial charge is 0.341 e. The van der Waals surface area contributed by atoms with Gasteiger partial charge in [-0.1, -0.05) is 45.3 Å². The molecule has 0 aliphatic heterocycles. The molecule has 0 saturated carbocycles. The van der Waals surface area contributed by atoms with Crippen LogP contribution < -0.4 is 4.23 Å². The molecule has 0 unspecified atom stereocenters. The summed E-state index contributed by atoms with van der Waals surface area (Å²) in [6.07, 6.45) is 2.03. The van der Waals surface area contributed by atoms with Crippen LogP contribution in [0, 0.1) is 0 Å². The van der Waals surface area contributed by atoms with Crippen LogP contribution >= 0.6 is 0 Å². The summed E-state index contributed by atoms with van der Waals surface area (Å²) in [5.74, 6) is 0.737. The van der Waals surface area contributed by atoms with E-state index in [4.69, 9.17) is 4.74 Å². The highest BCUT2D eigenvalue weighted by Gasteiger charge is 2.38. The van der Waals surface area contributed by atoms with Gasteiger partial charge in [0.05, 0.1) is 7.11 Å². The van der Waals surface area contributed by atoms with Gasteiger partial charge in [0.2, 0.25) is 0 Å². The topological polar surface area (TPSA) is 34.0 Å². The molecule has 0 spiro atoms. The molecular formula is C16H26N2O2Si2. The molecule has 0 bridgehead atoms. The number of pyridine rings is 1. The lowest BCUT2D eigenvalue weighted by Gasteiger charge is -2.45. The number of hydrogen-bond donors (Lipinski definition) is 0. The number of anilines is 1. The maximum atomic E-state index is 12.3. The summed E-state index contributed by atoms with van der Waals surface area (Å²) in [7, 11) is -1.89. The van der Waals surface area contributed by atoms with Crippen LogP contribution in [0.4, 0.5) is 5.82 Å². The van der Waals surface area contributed by atoms with Crippen LogP contribution in [-0.4, -0.2) is 34.0 Å². The average Bonchev–Trinajstić information content (AvgIpc) is 2.74. The van der Waals surface area contributed by atoms with Crippen molar-refractivity contribution in [2.45, 2.75) is 39.3 Å². The molecule has 0 atom stereocenters. The molecule has 0 aromatic carbocycles. The Morgan fingerprint density at radius 3 is 2.18 bits per heavy atom. The van der Waals surface area contributed by atoms with Crippen molar-refractivity contribution in [2.75, 3.05) is 11.3 Å². The summed E-state index contributed by atoms with van der Waals surface area (Å²) in [6.45, 7) is 14.0. The molecule has 0 fully saturated rings. The lowest BCUT2D eigenvalue weighted by Crippen LogP contribution is -2.60. The number of rotatable bonds is 4. The van der Waals surface area contributed by atoms with Gasteiger partial charge >= 0.3 is 5.97 Å². The van der Waals surface area contributed by atoms with E-state index in [0.717, 1.165) is 11.3 Å². The molecule has 0 aliphatic rings. The first-order valence-corrected chi connectivity index (χ1v) is 14.5. The van der Waals surface area contributed by atoms with E-state index in [1.807, 2.05) is 30.5 Å². The van der Waals surface area contributed by atoms with E-state index >= 15 is 0 Å². The number of carbonyl (C=O) groups excluding carboxylic acids is 1. The molecule has 0 saturated heterocycles. The van der Waals surface area contributed by atoms with Crippen molar-refractivity contribution >= 4 is 33.8 Å². The summed E-state index contributed by atoms with van der Waals surface area (Å²) in [4.78, 5) is 12.3. The zero-order valence-corrected chi connectivity index (χ0v) is 16.6. The van der Waals surface area contributed by atoms with Crippen LogP contribution in [0.5, 0.6) is 0 Å². The maximum absolute atomic E-state index is 12.3.